The number of carbonyl (C=O) groups excluding carboxylic acids is 2. The fourth-order valence-corrected chi connectivity index (χ4v) is 3.29. The Balaban J connectivity index is 2.15. The maximum Gasteiger partial charge on any atom is 0.338 e. The summed E-state index contributed by atoms with van der Waals surface area (Å²) in [6.45, 7) is 3.32. The predicted octanol–water partition coefficient (Wildman–Crippen LogP) is 2.10. The SMILES string of the molecule is CNS(=O)(=O)c1cc(C(=O)O[C@@H](C)C(=O)Nc2cccc(C)c2)ccc1OC. The number of esters is 1. The average Bonchev–Trinajstić information content (AvgIpc) is 2.67. The Labute approximate surface area is 163 Å². The molecule has 0 aliphatic rings. The van der Waals surface area contributed by atoms with Gasteiger partial charge in [-0.2, -0.15) is 0 Å². The molecular weight excluding hydrogens is 384 g/mol. The molecule has 2 N–H and O–H groups in total. The van der Waals surface area contributed by atoms with E-state index in [1.54, 1.807) is 18.2 Å². The van der Waals surface area contributed by atoms with Gasteiger partial charge in [-0.05, 0) is 56.8 Å². The lowest BCUT2D eigenvalue weighted by Crippen LogP contribution is -2.30. The van der Waals surface area contributed by atoms with Gasteiger partial charge in [0.15, 0.2) is 6.10 Å². The average molecular weight is 406 g/mol. The van der Waals surface area contributed by atoms with Crippen molar-refractivity contribution >= 4 is 27.6 Å². The van der Waals surface area contributed by atoms with E-state index in [9.17, 15) is 18.0 Å². The van der Waals surface area contributed by atoms with Crippen LogP contribution in [0, 0.1) is 6.92 Å². The van der Waals surface area contributed by atoms with E-state index < -0.39 is 28.0 Å². The molecule has 0 aromatic heterocycles. The first kappa shape index (κ1) is 21.4. The van der Waals surface area contributed by atoms with Crippen LogP contribution in [-0.2, 0) is 19.6 Å². The van der Waals surface area contributed by atoms with Crippen molar-refractivity contribution in [3.63, 3.8) is 0 Å². The van der Waals surface area contributed by atoms with E-state index in [0.29, 0.717) is 5.69 Å². The number of methoxy groups -OCH3 is 1. The fraction of sp³-hybridized carbons (Fsp3) is 0.263. The van der Waals surface area contributed by atoms with Crippen molar-refractivity contribution in [2.24, 2.45) is 0 Å². The van der Waals surface area contributed by atoms with E-state index in [1.807, 2.05) is 13.0 Å². The number of amides is 1. The number of hydrogen-bond acceptors (Lipinski definition) is 6. The molecule has 0 aliphatic heterocycles. The summed E-state index contributed by atoms with van der Waals surface area (Å²) in [5, 5.41) is 2.66. The molecule has 2 rings (SSSR count). The van der Waals surface area contributed by atoms with Gasteiger partial charge in [-0.15, -0.1) is 0 Å². The quantitative estimate of drug-likeness (QED) is 0.681. The maximum atomic E-state index is 12.4. The normalized spacial score (nSPS) is 12.1. The molecule has 0 radical (unpaired) electrons. The standard InChI is InChI=1S/C19H22N2O6S/c1-12-6-5-7-15(10-12)21-18(22)13(2)27-19(23)14-8-9-16(26-4)17(11-14)28(24,25)20-3/h5-11,13,20H,1-4H3,(H,21,22)/t13-/m0/s1. The van der Waals surface area contributed by atoms with Gasteiger partial charge >= 0.3 is 5.97 Å². The fourth-order valence-electron chi connectivity index (χ4n) is 2.37. The molecule has 1 amide bonds. The van der Waals surface area contributed by atoms with Crippen LogP contribution < -0.4 is 14.8 Å². The Kier molecular flexibility index (Phi) is 6.76. The highest BCUT2D eigenvalue weighted by molar-refractivity contribution is 7.89. The van der Waals surface area contributed by atoms with Gasteiger partial charge in [0.2, 0.25) is 10.0 Å². The molecule has 0 unspecified atom stereocenters. The van der Waals surface area contributed by atoms with E-state index in [4.69, 9.17) is 9.47 Å². The number of nitrogens with one attached hydrogen (secondary N) is 2. The largest absolute Gasteiger partial charge is 0.495 e. The number of ether oxygens (including phenoxy) is 2. The van der Waals surface area contributed by atoms with Crippen LogP contribution in [0.15, 0.2) is 47.4 Å². The monoisotopic (exact) mass is 406 g/mol. The summed E-state index contributed by atoms with van der Waals surface area (Å²) in [6.07, 6.45) is -1.08. The Bertz CT molecular complexity index is 988. The minimum atomic E-state index is -3.85. The Hall–Kier alpha value is -2.91. The van der Waals surface area contributed by atoms with Crippen LogP contribution >= 0.6 is 0 Å². The molecule has 0 saturated carbocycles. The number of rotatable bonds is 7. The second kappa shape index (κ2) is 8.85. The summed E-state index contributed by atoms with van der Waals surface area (Å²) in [5.74, 6) is -1.26. The van der Waals surface area contributed by atoms with Gasteiger partial charge in [0, 0.05) is 5.69 Å². The molecule has 9 heteroatoms. The van der Waals surface area contributed by atoms with Crippen molar-refractivity contribution < 1.29 is 27.5 Å². The minimum absolute atomic E-state index is 0.0233. The third-order valence-corrected chi connectivity index (χ3v) is 5.33. The van der Waals surface area contributed by atoms with Crippen molar-refractivity contribution in [3.05, 3.63) is 53.6 Å². The zero-order valence-corrected chi connectivity index (χ0v) is 16.8. The van der Waals surface area contributed by atoms with Gasteiger partial charge in [-0.3, -0.25) is 4.79 Å². The van der Waals surface area contributed by atoms with Gasteiger partial charge in [-0.25, -0.2) is 17.9 Å². The molecule has 150 valence electrons. The third kappa shape index (κ3) is 5.08. The van der Waals surface area contributed by atoms with Crippen molar-refractivity contribution in [2.45, 2.75) is 24.8 Å². The van der Waals surface area contributed by atoms with Gasteiger partial charge in [0.1, 0.15) is 10.6 Å². The molecule has 1 atom stereocenters. The van der Waals surface area contributed by atoms with Crippen molar-refractivity contribution in [2.75, 3.05) is 19.5 Å². The van der Waals surface area contributed by atoms with Gasteiger partial charge in [0.25, 0.3) is 5.91 Å². The van der Waals surface area contributed by atoms with E-state index >= 15 is 0 Å². The van der Waals surface area contributed by atoms with Crippen LogP contribution in [0.25, 0.3) is 0 Å². The van der Waals surface area contributed by atoms with Crippen LogP contribution in [0.5, 0.6) is 5.75 Å². The summed E-state index contributed by atoms with van der Waals surface area (Å²) in [5.41, 5.74) is 1.53. The van der Waals surface area contributed by atoms with Crippen LogP contribution in [-0.4, -0.2) is 40.6 Å². The first-order valence-electron chi connectivity index (χ1n) is 8.38. The summed E-state index contributed by atoms with van der Waals surface area (Å²) in [7, 11) is -1.28. The smallest absolute Gasteiger partial charge is 0.338 e. The van der Waals surface area contributed by atoms with Crippen LogP contribution in [0.1, 0.15) is 22.8 Å². The summed E-state index contributed by atoms with van der Waals surface area (Å²) < 4.78 is 36.6. The van der Waals surface area contributed by atoms with Gasteiger partial charge in [-0.1, -0.05) is 12.1 Å². The van der Waals surface area contributed by atoms with Crippen LogP contribution in [0.2, 0.25) is 0 Å². The molecule has 2 aromatic rings. The molecule has 0 spiro atoms. The highest BCUT2D eigenvalue weighted by Gasteiger charge is 2.23. The summed E-state index contributed by atoms with van der Waals surface area (Å²) >= 11 is 0. The summed E-state index contributed by atoms with van der Waals surface area (Å²) in [4.78, 5) is 24.4. The lowest BCUT2D eigenvalue weighted by molar-refractivity contribution is -0.123. The molecule has 0 bridgehead atoms. The molecule has 0 aliphatic carbocycles. The van der Waals surface area contributed by atoms with Crippen molar-refractivity contribution in [1.82, 2.24) is 4.72 Å². The third-order valence-electron chi connectivity index (χ3n) is 3.90. The molecular formula is C19H22N2O6S. The number of sulfonamides is 1. The molecule has 0 saturated heterocycles. The number of benzene rings is 2. The van der Waals surface area contributed by atoms with Crippen molar-refractivity contribution in [3.8, 4) is 5.75 Å². The predicted molar refractivity (Wildman–Crippen MR) is 104 cm³/mol. The molecule has 28 heavy (non-hydrogen) atoms. The van der Waals surface area contributed by atoms with E-state index in [2.05, 4.69) is 10.0 Å². The summed E-state index contributed by atoms with van der Waals surface area (Å²) in [6, 6.07) is 11.0. The van der Waals surface area contributed by atoms with Gasteiger partial charge in [0.05, 0.1) is 12.7 Å². The van der Waals surface area contributed by atoms with E-state index in [1.165, 1.54) is 33.2 Å². The maximum absolute atomic E-state index is 12.4. The second-order valence-electron chi connectivity index (χ2n) is 5.98. The molecule has 8 nitrogen and oxygen atoms in total. The lowest BCUT2D eigenvalue weighted by Gasteiger charge is -2.15. The van der Waals surface area contributed by atoms with Crippen LogP contribution in [0.3, 0.4) is 0 Å². The minimum Gasteiger partial charge on any atom is -0.495 e. The Morgan fingerprint density at radius 2 is 1.82 bits per heavy atom. The zero-order chi connectivity index (χ0) is 20.9. The first-order valence-corrected chi connectivity index (χ1v) is 9.86. The van der Waals surface area contributed by atoms with Gasteiger partial charge < -0.3 is 14.8 Å². The molecule has 0 fully saturated rings. The highest BCUT2D eigenvalue weighted by atomic mass is 32.2. The zero-order valence-electron chi connectivity index (χ0n) is 16.0. The molecule has 2 aromatic carbocycles. The Morgan fingerprint density at radius 1 is 1.11 bits per heavy atom. The van der Waals surface area contributed by atoms with Crippen LogP contribution in [0.4, 0.5) is 5.69 Å². The molecule has 0 heterocycles. The van der Waals surface area contributed by atoms with Crippen molar-refractivity contribution in [1.29, 1.82) is 0 Å². The second-order valence-corrected chi connectivity index (χ2v) is 7.83. The highest BCUT2D eigenvalue weighted by Crippen LogP contribution is 2.25. The van der Waals surface area contributed by atoms with E-state index in [-0.39, 0.29) is 16.2 Å². The van der Waals surface area contributed by atoms with E-state index in [0.717, 1.165) is 11.6 Å². The number of hydrogen-bond donors (Lipinski definition) is 2. The lowest BCUT2D eigenvalue weighted by atomic mass is 10.2. The number of aryl methyl sites for hydroxylation is 1. The number of anilines is 1. The Morgan fingerprint density at radius 3 is 2.43 bits per heavy atom. The first-order chi connectivity index (χ1) is 13.2. The topological polar surface area (TPSA) is 111 Å². The number of carbonyl (C=O) groups is 2.